The predicted octanol–water partition coefficient (Wildman–Crippen LogP) is 3.73. The second kappa shape index (κ2) is 6.12. The van der Waals surface area contributed by atoms with Crippen molar-refractivity contribution >= 4 is 0 Å². The first-order valence-corrected chi connectivity index (χ1v) is 7.20. The van der Waals surface area contributed by atoms with Crippen LogP contribution in [0.25, 0.3) is 22.4 Å². The highest BCUT2D eigenvalue weighted by molar-refractivity contribution is 5.82. The smallest absolute Gasteiger partial charge is 0.132 e. The number of hydrogen-bond donors (Lipinski definition) is 2. The SMILES string of the molecule is Cc1ccc(-c2n[nH]c(CCO)c2-c2ccccc2)c(F)c1. The van der Waals surface area contributed by atoms with Crippen LogP contribution in [0.1, 0.15) is 11.3 Å². The maximum atomic E-state index is 14.3. The summed E-state index contributed by atoms with van der Waals surface area (Å²) in [7, 11) is 0. The lowest BCUT2D eigenvalue weighted by molar-refractivity contribution is 0.298. The number of nitrogens with one attached hydrogen (secondary N) is 1. The van der Waals surface area contributed by atoms with E-state index in [2.05, 4.69) is 10.2 Å². The van der Waals surface area contributed by atoms with Crippen molar-refractivity contribution in [3.63, 3.8) is 0 Å². The van der Waals surface area contributed by atoms with Crippen molar-refractivity contribution in [3.8, 4) is 22.4 Å². The van der Waals surface area contributed by atoms with Gasteiger partial charge < -0.3 is 5.11 Å². The second-order valence-electron chi connectivity index (χ2n) is 5.25. The molecule has 0 saturated heterocycles. The van der Waals surface area contributed by atoms with Gasteiger partial charge in [0.15, 0.2) is 0 Å². The third-order valence-electron chi connectivity index (χ3n) is 3.65. The minimum absolute atomic E-state index is 0.0118. The van der Waals surface area contributed by atoms with Crippen LogP contribution in [0.4, 0.5) is 4.39 Å². The Morgan fingerprint density at radius 1 is 1.14 bits per heavy atom. The quantitative estimate of drug-likeness (QED) is 0.770. The number of hydrogen-bond acceptors (Lipinski definition) is 2. The van der Waals surface area contributed by atoms with Crippen LogP contribution >= 0.6 is 0 Å². The maximum absolute atomic E-state index is 14.3. The van der Waals surface area contributed by atoms with Crippen LogP contribution in [-0.4, -0.2) is 21.9 Å². The van der Waals surface area contributed by atoms with Crippen LogP contribution in [0.15, 0.2) is 48.5 Å². The molecule has 3 nitrogen and oxygen atoms in total. The van der Waals surface area contributed by atoms with Gasteiger partial charge in [-0.15, -0.1) is 0 Å². The molecule has 0 aliphatic rings. The zero-order valence-electron chi connectivity index (χ0n) is 12.3. The molecule has 0 atom stereocenters. The van der Waals surface area contributed by atoms with Crippen LogP contribution < -0.4 is 0 Å². The Balaban J connectivity index is 2.20. The summed E-state index contributed by atoms with van der Waals surface area (Å²) in [5, 5.41) is 16.5. The Bertz CT molecular complexity index is 781. The molecule has 3 aromatic rings. The molecule has 1 aromatic heterocycles. The summed E-state index contributed by atoms with van der Waals surface area (Å²) < 4.78 is 14.3. The number of H-pyrrole nitrogens is 1. The average Bonchev–Trinajstić information content (AvgIpc) is 2.92. The highest BCUT2D eigenvalue weighted by Gasteiger charge is 2.18. The number of halogens is 1. The van der Waals surface area contributed by atoms with Gasteiger partial charge >= 0.3 is 0 Å². The fraction of sp³-hybridized carbons (Fsp3) is 0.167. The minimum Gasteiger partial charge on any atom is -0.396 e. The lowest BCUT2D eigenvalue weighted by atomic mass is 9.97. The molecular formula is C18H17FN2O. The molecule has 0 bridgehead atoms. The fourth-order valence-corrected chi connectivity index (χ4v) is 2.59. The van der Waals surface area contributed by atoms with Gasteiger partial charge in [0, 0.05) is 29.8 Å². The lowest BCUT2D eigenvalue weighted by Gasteiger charge is -2.07. The van der Waals surface area contributed by atoms with E-state index >= 15 is 0 Å². The molecular weight excluding hydrogens is 279 g/mol. The molecule has 3 rings (SSSR count). The van der Waals surface area contributed by atoms with E-state index in [4.69, 9.17) is 0 Å². The Kier molecular flexibility index (Phi) is 4.02. The normalized spacial score (nSPS) is 10.9. The predicted molar refractivity (Wildman–Crippen MR) is 84.9 cm³/mol. The van der Waals surface area contributed by atoms with Crippen molar-refractivity contribution < 1.29 is 9.50 Å². The van der Waals surface area contributed by atoms with Gasteiger partial charge in [-0.05, 0) is 30.2 Å². The Morgan fingerprint density at radius 2 is 1.91 bits per heavy atom. The van der Waals surface area contributed by atoms with E-state index < -0.39 is 0 Å². The first-order chi connectivity index (χ1) is 10.7. The summed E-state index contributed by atoms with van der Waals surface area (Å²) in [5.41, 5.74) is 4.52. The number of aromatic amines is 1. The Morgan fingerprint density at radius 3 is 2.59 bits per heavy atom. The topological polar surface area (TPSA) is 48.9 Å². The summed E-state index contributed by atoms with van der Waals surface area (Å²) in [6.45, 7) is 1.87. The van der Waals surface area contributed by atoms with Gasteiger partial charge in [-0.2, -0.15) is 5.10 Å². The van der Waals surface area contributed by atoms with Crippen molar-refractivity contribution in [2.45, 2.75) is 13.3 Å². The number of rotatable bonds is 4. The van der Waals surface area contributed by atoms with Gasteiger partial charge in [0.05, 0.1) is 0 Å². The summed E-state index contributed by atoms with van der Waals surface area (Å²) in [6, 6.07) is 14.8. The molecule has 0 spiro atoms. The van der Waals surface area contributed by atoms with Crippen molar-refractivity contribution in [1.82, 2.24) is 10.2 Å². The molecule has 0 aliphatic carbocycles. The lowest BCUT2D eigenvalue weighted by Crippen LogP contribution is -1.94. The molecule has 2 N–H and O–H groups in total. The summed E-state index contributed by atoms with van der Waals surface area (Å²) >= 11 is 0. The minimum atomic E-state index is -0.292. The van der Waals surface area contributed by atoms with E-state index in [0.29, 0.717) is 17.7 Å². The van der Waals surface area contributed by atoms with E-state index in [0.717, 1.165) is 22.4 Å². The van der Waals surface area contributed by atoms with Crippen LogP contribution in [0.2, 0.25) is 0 Å². The molecule has 0 fully saturated rings. The summed E-state index contributed by atoms with van der Waals surface area (Å²) in [6.07, 6.45) is 0.449. The van der Waals surface area contributed by atoms with E-state index in [-0.39, 0.29) is 12.4 Å². The van der Waals surface area contributed by atoms with Gasteiger partial charge in [-0.3, -0.25) is 5.10 Å². The van der Waals surface area contributed by atoms with E-state index in [1.165, 1.54) is 6.07 Å². The van der Waals surface area contributed by atoms with Crippen LogP contribution in [-0.2, 0) is 6.42 Å². The Labute approximate surface area is 128 Å². The monoisotopic (exact) mass is 296 g/mol. The van der Waals surface area contributed by atoms with E-state index in [1.807, 2.05) is 43.3 Å². The van der Waals surface area contributed by atoms with E-state index in [1.54, 1.807) is 6.07 Å². The van der Waals surface area contributed by atoms with Gasteiger partial charge in [-0.1, -0.05) is 36.4 Å². The fourth-order valence-electron chi connectivity index (χ4n) is 2.59. The zero-order valence-corrected chi connectivity index (χ0v) is 12.3. The molecule has 0 radical (unpaired) electrons. The van der Waals surface area contributed by atoms with Crippen molar-refractivity contribution in [1.29, 1.82) is 0 Å². The molecule has 1 heterocycles. The summed E-state index contributed by atoms with van der Waals surface area (Å²) in [5.74, 6) is -0.292. The zero-order chi connectivity index (χ0) is 15.5. The number of benzene rings is 2. The van der Waals surface area contributed by atoms with Gasteiger partial charge in [0.25, 0.3) is 0 Å². The molecule has 0 aliphatic heterocycles. The number of aliphatic hydroxyl groups is 1. The first kappa shape index (κ1) is 14.5. The largest absolute Gasteiger partial charge is 0.396 e. The molecule has 112 valence electrons. The molecule has 4 heteroatoms. The number of nitrogens with zero attached hydrogens (tertiary/aromatic N) is 1. The standard InChI is InChI=1S/C18H17FN2O/c1-12-7-8-14(15(19)11-12)18-17(13-5-3-2-4-6-13)16(9-10-22)20-21-18/h2-8,11,22H,9-10H2,1H3,(H,20,21). The second-order valence-corrected chi connectivity index (χ2v) is 5.25. The van der Waals surface area contributed by atoms with Gasteiger partial charge in [-0.25, -0.2) is 4.39 Å². The highest BCUT2D eigenvalue weighted by atomic mass is 19.1. The van der Waals surface area contributed by atoms with Crippen molar-refractivity contribution in [3.05, 3.63) is 65.6 Å². The molecule has 0 amide bonds. The molecule has 22 heavy (non-hydrogen) atoms. The van der Waals surface area contributed by atoms with Crippen molar-refractivity contribution in [2.75, 3.05) is 6.61 Å². The number of aryl methyl sites for hydroxylation is 1. The van der Waals surface area contributed by atoms with Crippen LogP contribution in [0.5, 0.6) is 0 Å². The van der Waals surface area contributed by atoms with E-state index in [9.17, 15) is 9.50 Å². The molecule has 2 aromatic carbocycles. The number of aromatic nitrogens is 2. The maximum Gasteiger partial charge on any atom is 0.132 e. The molecule has 0 saturated carbocycles. The number of aliphatic hydroxyl groups excluding tert-OH is 1. The summed E-state index contributed by atoms with van der Waals surface area (Å²) in [4.78, 5) is 0. The van der Waals surface area contributed by atoms with Gasteiger partial charge in [0.2, 0.25) is 0 Å². The molecule has 0 unspecified atom stereocenters. The first-order valence-electron chi connectivity index (χ1n) is 7.20. The highest BCUT2D eigenvalue weighted by Crippen LogP contribution is 2.34. The van der Waals surface area contributed by atoms with Gasteiger partial charge in [0.1, 0.15) is 11.5 Å². The third-order valence-corrected chi connectivity index (χ3v) is 3.65. The third kappa shape index (κ3) is 2.65. The average molecular weight is 296 g/mol. The van der Waals surface area contributed by atoms with Crippen LogP contribution in [0, 0.1) is 12.7 Å². The van der Waals surface area contributed by atoms with Crippen molar-refractivity contribution in [2.24, 2.45) is 0 Å². The van der Waals surface area contributed by atoms with Crippen LogP contribution in [0.3, 0.4) is 0 Å². The Hall–Kier alpha value is -2.46.